The van der Waals surface area contributed by atoms with Gasteiger partial charge >= 0.3 is 0 Å². The van der Waals surface area contributed by atoms with Gasteiger partial charge in [-0.2, -0.15) is 0 Å². The van der Waals surface area contributed by atoms with Crippen molar-refractivity contribution in [2.75, 3.05) is 32.6 Å². The molecule has 0 aromatic heterocycles. The molecule has 1 heterocycles. The second-order valence-electron chi connectivity index (χ2n) is 6.13. The molecule has 0 unspecified atom stereocenters. The van der Waals surface area contributed by atoms with Crippen molar-refractivity contribution in [3.05, 3.63) is 59.7 Å². The van der Waals surface area contributed by atoms with Crippen LogP contribution in [-0.2, 0) is 4.79 Å². The number of hydrogen-bond donors (Lipinski definition) is 1. The van der Waals surface area contributed by atoms with E-state index in [9.17, 15) is 4.79 Å². The lowest BCUT2D eigenvalue weighted by molar-refractivity contribution is -0.110. The lowest BCUT2D eigenvalue weighted by atomic mass is 10.0. The Morgan fingerprint density at radius 1 is 1.08 bits per heavy atom. The predicted molar refractivity (Wildman–Crippen MR) is 98.1 cm³/mol. The van der Waals surface area contributed by atoms with E-state index in [4.69, 9.17) is 4.74 Å². The maximum atomic E-state index is 12.1. The van der Waals surface area contributed by atoms with Crippen molar-refractivity contribution in [3.63, 3.8) is 0 Å². The van der Waals surface area contributed by atoms with E-state index < -0.39 is 0 Å². The predicted octanol–water partition coefficient (Wildman–Crippen LogP) is 3.51. The molecule has 1 aliphatic heterocycles. The van der Waals surface area contributed by atoms with Crippen molar-refractivity contribution >= 4 is 23.2 Å². The quantitative estimate of drug-likeness (QED) is 0.654. The topological polar surface area (TPSA) is 41.6 Å². The summed E-state index contributed by atoms with van der Waals surface area (Å²) in [5.41, 5.74) is 3.50. The fraction of sp³-hybridized carbons (Fsp3) is 0.250. The highest BCUT2D eigenvalue weighted by atomic mass is 16.5. The summed E-state index contributed by atoms with van der Waals surface area (Å²) in [5, 5.41) is 2.89. The van der Waals surface area contributed by atoms with Gasteiger partial charge in [-0.3, -0.25) is 4.79 Å². The van der Waals surface area contributed by atoms with Crippen molar-refractivity contribution in [1.82, 2.24) is 4.90 Å². The van der Waals surface area contributed by atoms with Crippen LogP contribution in [0.3, 0.4) is 0 Å². The van der Waals surface area contributed by atoms with Gasteiger partial charge in [0.1, 0.15) is 5.75 Å². The van der Waals surface area contributed by atoms with E-state index in [1.807, 2.05) is 54.6 Å². The summed E-state index contributed by atoms with van der Waals surface area (Å²) in [6.07, 6.45) is 2.91. The van der Waals surface area contributed by atoms with Crippen LogP contribution in [-0.4, -0.2) is 38.1 Å². The molecule has 4 heteroatoms. The molecule has 0 bridgehead atoms. The van der Waals surface area contributed by atoms with Gasteiger partial charge in [0.15, 0.2) is 0 Å². The van der Waals surface area contributed by atoms with Gasteiger partial charge in [0.05, 0.1) is 6.61 Å². The SMILES string of the molecule is CN(C)CCCOc1ccc(/C=C2\C(=O)Nc3ccccc32)cc1. The van der Waals surface area contributed by atoms with Gasteiger partial charge in [0.2, 0.25) is 0 Å². The minimum atomic E-state index is -0.0554. The molecule has 0 saturated carbocycles. The number of rotatable bonds is 6. The summed E-state index contributed by atoms with van der Waals surface area (Å²) in [6, 6.07) is 15.6. The number of anilines is 1. The summed E-state index contributed by atoms with van der Waals surface area (Å²) in [4.78, 5) is 14.3. The van der Waals surface area contributed by atoms with Crippen LogP contribution < -0.4 is 10.1 Å². The van der Waals surface area contributed by atoms with Crippen LogP contribution in [0.4, 0.5) is 5.69 Å². The summed E-state index contributed by atoms with van der Waals surface area (Å²) in [6.45, 7) is 1.72. The van der Waals surface area contributed by atoms with Crippen LogP contribution in [0.5, 0.6) is 5.75 Å². The summed E-state index contributed by atoms with van der Waals surface area (Å²) in [5.74, 6) is 0.799. The molecular formula is C20H22N2O2. The molecule has 24 heavy (non-hydrogen) atoms. The molecule has 4 nitrogen and oxygen atoms in total. The molecule has 0 spiro atoms. The van der Waals surface area contributed by atoms with E-state index in [2.05, 4.69) is 24.3 Å². The number of nitrogens with one attached hydrogen (secondary N) is 1. The molecule has 1 aliphatic rings. The Kier molecular flexibility index (Phi) is 4.96. The molecule has 2 aromatic rings. The average molecular weight is 322 g/mol. The first kappa shape index (κ1) is 16.3. The van der Waals surface area contributed by atoms with Crippen molar-refractivity contribution < 1.29 is 9.53 Å². The molecule has 1 N–H and O–H groups in total. The molecule has 0 atom stereocenters. The third kappa shape index (κ3) is 3.84. The van der Waals surface area contributed by atoms with Crippen LogP contribution in [0.15, 0.2) is 48.5 Å². The van der Waals surface area contributed by atoms with Crippen LogP contribution in [0.25, 0.3) is 11.6 Å². The maximum Gasteiger partial charge on any atom is 0.256 e. The van der Waals surface area contributed by atoms with Crippen LogP contribution in [0, 0.1) is 0 Å². The first-order valence-electron chi connectivity index (χ1n) is 8.13. The highest BCUT2D eigenvalue weighted by Gasteiger charge is 2.23. The van der Waals surface area contributed by atoms with Crippen molar-refractivity contribution in [3.8, 4) is 5.75 Å². The Morgan fingerprint density at radius 3 is 2.58 bits per heavy atom. The molecule has 0 radical (unpaired) electrons. The highest BCUT2D eigenvalue weighted by molar-refractivity contribution is 6.34. The number of hydrogen-bond acceptors (Lipinski definition) is 3. The van der Waals surface area contributed by atoms with E-state index in [-0.39, 0.29) is 5.91 Å². The van der Waals surface area contributed by atoms with Gasteiger partial charge in [-0.05, 0) is 50.4 Å². The number of ether oxygens (including phenoxy) is 1. The van der Waals surface area contributed by atoms with Crippen molar-refractivity contribution in [2.45, 2.75) is 6.42 Å². The molecule has 0 saturated heterocycles. The maximum absolute atomic E-state index is 12.1. The van der Waals surface area contributed by atoms with Gasteiger partial charge in [-0.1, -0.05) is 30.3 Å². The first-order chi connectivity index (χ1) is 11.6. The summed E-state index contributed by atoms with van der Waals surface area (Å²) in [7, 11) is 4.11. The minimum Gasteiger partial charge on any atom is -0.494 e. The second kappa shape index (κ2) is 7.32. The minimum absolute atomic E-state index is 0.0554. The largest absolute Gasteiger partial charge is 0.494 e. The second-order valence-corrected chi connectivity index (χ2v) is 6.13. The summed E-state index contributed by atoms with van der Waals surface area (Å²) < 4.78 is 5.73. The third-order valence-electron chi connectivity index (χ3n) is 3.92. The standard InChI is InChI=1S/C20H22N2O2/c1-22(2)12-5-13-24-16-10-8-15(9-11-16)14-18-17-6-3-4-7-19(17)21-20(18)23/h3-4,6-11,14H,5,12-13H2,1-2H3,(H,21,23)/b18-14-. The lowest BCUT2D eigenvalue weighted by Crippen LogP contribution is -2.15. The number of para-hydroxylation sites is 1. The zero-order valence-electron chi connectivity index (χ0n) is 14.1. The monoisotopic (exact) mass is 322 g/mol. The Hall–Kier alpha value is -2.59. The van der Waals surface area contributed by atoms with Crippen LogP contribution >= 0.6 is 0 Å². The van der Waals surface area contributed by atoms with Gasteiger partial charge in [-0.25, -0.2) is 0 Å². The number of amides is 1. The first-order valence-corrected chi connectivity index (χ1v) is 8.13. The van der Waals surface area contributed by atoms with Crippen molar-refractivity contribution in [1.29, 1.82) is 0 Å². The smallest absolute Gasteiger partial charge is 0.256 e. The van der Waals surface area contributed by atoms with E-state index >= 15 is 0 Å². The Balaban J connectivity index is 1.67. The van der Waals surface area contributed by atoms with E-state index in [1.165, 1.54) is 0 Å². The number of nitrogens with zero attached hydrogens (tertiary/aromatic N) is 1. The fourth-order valence-corrected chi connectivity index (χ4v) is 2.68. The normalized spacial score (nSPS) is 14.8. The molecular weight excluding hydrogens is 300 g/mol. The Bertz CT molecular complexity index is 748. The van der Waals surface area contributed by atoms with Gasteiger partial charge in [0, 0.05) is 23.4 Å². The number of carbonyl (C=O) groups is 1. The molecule has 0 aliphatic carbocycles. The van der Waals surface area contributed by atoms with Gasteiger partial charge < -0.3 is 15.0 Å². The molecule has 2 aromatic carbocycles. The summed E-state index contributed by atoms with van der Waals surface area (Å²) >= 11 is 0. The zero-order chi connectivity index (χ0) is 16.9. The van der Waals surface area contributed by atoms with Gasteiger partial charge in [0.25, 0.3) is 5.91 Å². The number of fused-ring (bicyclic) bond motifs is 1. The molecule has 3 rings (SSSR count). The van der Waals surface area contributed by atoms with Crippen LogP contribution in [0.2, 0.25) is 0 Å². The Morgan fingerprint density at radius 2 is 1.83 bits per heavy atom. The van der Waals surface area contributed by atoms with E-state index in [1.54, 1.807) is 0 Å². The van der Waals surface area contributed by atoms with Crippen LogP contribution in [0.1, 0.15) is 17.5 Å². The highest BCUT2D eigenvalue weighted by Crippen LogP contribution is 2.32. The van der Waals surface area contributed by atoms with Crippen molar-refractivity contribution in [2.24, 2.45) is 0 Å². The third-order valence-corrected chi connectivity index (χ3v) is 3.92. The van der Waals surface area contributed by atoms with E-state index in [0.29, 0.717) is 12.2 Å². The number of benzene rings is 2. The zero-order valence-corrected chi connectivity index (χ0v) is 14.1. The molecule has 1 amide bonds. The van der Waals surface area contributed by atoms with Gasteiger partial charge in [-0.15, -0.1) is 0 Å². The lowest BCUT2D eigenvalue weighted by Gasteiger charge is -2.10. The molecule has 124 valence electrons. The average Bonchev–Trinajstić information content (AvgIpc) is 2.89. The molecule has 0 fully saturated rings. The number of carbonyl (C=O) groups excluding carboxylic acids is 1. The Labute approximate surface area is 142 Å². The fourth-order valence-electron chi connectivity index (χ4n) is 2.68. The van der Waals surface area contributed by atoms with E-state index in [0.717, 1.165) is 35.5 Å².